The van der Waals surface area contributed by atoms with Crippen molar-refractivity contribution in [2.75, 3.05) is 26.3 Å². The third-order valence-corrected chi connectivity index (χ3v) is 5.95. The van der Waals surface area contributed by atoms with E-state index in [0.717, 1.165) is 11.1 Å². The molecule has 7 nitrogen and oxygen atoms in total. The van der Waals surface area contributed by atoms with Gasteiger partial charge in [0.05, 0.1) is 6.54 Å². The maximum absolute atomic E-state index is 13.2. The highest BCUT2D eigenvalue weighted by Crippen LogP contribution is 2.18. The largest absolute Gasteiger partial charge is 0.492 e. The number of hydrogen-bond acceptors (Lipinski definition) is 5. The highest BCUT2D eigenvalue weighted by atomic mass is 35.5. The Hall–Kier alpha value is -3.62. The van der Waals surface area contributed by atoms with Crippen LogP contribution in [-0.2, 0) is 22.4 Å². The average Bonchev–Trinajstić information content (AvgIpc) is 2.90. The predicted molar refractivity (Wildman–Crippen MR) is 142 cm³/mol. The first-order chi connectivity index (χ1) is 18.3. The van der Waals surface area contributed by atoms with Crippen LogP contribution in [0.3, 0.4) is 0 Å². The van der Waals surface area contributed by atoms with Gasteiger partial charge in [-0.3, -0.25) is 0 Å². The second-order valence-corrected chi connectivity index (χ2v) is 8.95. The van der Waals surface area contributed by atoms with Gasteiger partial charge < -0.3 is 24.2 Å². The van der Waals surface area contributed by atoms with Gasteiger partial charge in [0.2, 0.25) is 0 Å². The predicted octanol–water partition coefficient (Wildman–Crippen LogP) is 6.02. The molecule has 0 aromatic heterocycles. The fourth-order valence-electron chi connectivity index (χ4n) is 3.72. The Morgan fingerprint density at radius 3 is 2.18 bits per heavy atom. The zero-order valence-corrected chi connectivity index (χ0v) is 21.9. The number of rotatable bonds is 14. The topological polar surface area (TPSA) is 85.3 Å². The van der Waals surface area contributed by atoms with Crippen LogP contribution in [0.1, 0.15) is 24.5 Å². The molecule has 1 unspecified atom stereocenters. The quantitative estimate of drug-likeness (QED) is 0.267. The summed E-state index contributed by atoms with van der Waals surface area (Å²) in [4.78, 5) is 25.8. The van der Waals surface area contributed by atoms with E-state index in [0.29, 0.717) is 42.5 Å². The summed E-state index contributed by atoms with van der Waals surface area (Å²) in [6, 6.07) is 19.9. The van der Waals surface area contributed by atoms with Crippen LogP contribution in [0.5, 0.6) is 11.5 Å². The molecule has 38 heavy (non-hydrogen) atoms. The molecule has 0 saturated carbocycles. The summed E-state index contributed by atoms with van der Waals surface area (Å²) in [5, 5.41) is 9.80. The summed E-state index contributed by atoms with van der Waals surface area (Å²) in [5.41, 5.74) is 1.79. The van der Waals surface area contributed by atoms with Gasteiger partial charge in [-0.05, 0) is 79.4 Å². The fraction of sp³-hybridized carbons (Fsp3) is 0.310. The lowest BCUT2D eigenvalue weighted by Crippen LogP contribution is -2.37. The normalized spacial score (nSPS) is 11.6. The molecular weight excluding hydrogens is 513 g/mol. The number of aryl methyl sites for hydroxylation is 1. The van der Waals surface area contributed by atoms with Gasteiger partial charge in [0.1, 0.15) is 23.9 Å². The standard InChI is InChI=1S/C29H31ClFNO6/c1-2-36-27(28(33)34)20-22-7-13-25(14-8-22)37-19-18-32(17-3-4-21-5-11-24(31)12-6-21)29(35)38-26-15-9-23(30)10-16-26/h5-16,27H,2-4,17-20H2,1H3,(H,33,34). The highest BCUT2D eigenvalue weighted by Gasteiger charge is 2.18. The van der Waals surface area contributed by atoms with E-state index in [-0.39, 0.29) is 25.4 Å². The Morgan fingerprint density at radius 1 is 0.921 bits per heavy atom. The van der Waals surface area contributed by atoms with Crippen LogP contribution < -0.4 is 9.47 Å². The number of carboxylic acid groups (broad SMARTS) is 1. The summed E-state index contributed by atoms with van der Waals surface area (Å²) in [7, 11) is 0. The number of halogens is 2. The van der Waals surface area contributed by atoms with Crippen LogP contribution >= 0.6 is 11.6 Å². The monoisotopic (exact) mass is 543 g/mol. The van der Waals surface area contributed by atoms with Crippen LogP contribution in [0.15, 0.2) is 72.8 Å². The van der Waals surface area contributed by atoms with E-state index in [2.05, 4.69) is 0 Å². The first-order valence-electron chi connectivity index (χ1n) is 12.4. The molecule has 3 aromatic carbocycles. The molecule has 0 saturated heterocycles. The number of aliphatic carboxylic acids is 1. The summed E-state index contributed by atoms with van der Waals surface area (Å²) < 4.78 is 29.8. The second-order valence-electron chi connectivity index (χ2n) is 8.52. The number of carbonyl (C=O) groups excluding carboxylic acids is 1. The number of carboxylic acids is 1. The van der Waals surface area contributed by atoms with Crippen molar-refractivity contribution in [2.24, 2.45) is 0 Å². The third-order valence-electron chi connectivity index (χ3n) is 5.70. The van der Waals surface area contributed by atoms with Gasteiger partial charge >= 0.3 is 12.1 Å². The van der Waals surface area contributed by atoms with Crippen LogP contribution in [0, 0.1) is 5.82 Å². The van der Waals surface area contributed by atoms with Crippen molar-refractivity contribution in [1.82, 2.24) is 4.90 Å². The van der Waals surface area contributed by atoms with E-state index in [9.17, 15) is 19.1 Å². The third kappa shape index (κ3) is 9.68. The van der Waals surface area contributed by atoms with Crippen LogP contribution in [0.2, 0.25) is 5.02 Å². The zero-order valence-electron chi connectivity index (χ0n) is 21.1. The molecule has 1 amide bonds. The van der Waals surface area contributed by atoms with Crippen molar-refractivity contribution in [2.45, 2.75) is 32.3 Å². The molecule has 9 heteroatoms. The lowest BCUT2D eigenvalue weighted by molar-refractivity contribution is -0.149. The number of ether oxygens (including phenoxy) is 3. The lowest BCUT2D eigenvalue weighted by Gasteiger charge is -2.22. The Balaban J connectivity index is 1.55. The van der Waals surface area contributed by atoms with E-state index in [1.807, 2.05) is 0 Å². The van der Waals surface area contributed by atoms with E-state index >= 15 is 0 Å². The smallest absolute Gasteiger partial charge is 0.415 e. The highest BCUT2D eigenvalue weighted by molar-refractivity contribution is 6.30. The van der Waals surface area contributed by atoms with Crippen molar-refractivity contribution in [1.29, 1.82) is 0 Å². The Bertz CT molecular complexity index is 1160. The molecule has 3 rings (SSSR count). The minimum absolute atomic E-state index is 0.225. The molecule has 0 aliphatic carbocycles. The van der Waals surface area contributed by atoms with Crippen LogP contribution in [0.25, 0.3) is 0 Å². The summed E-state index contributed by atoms with van der Waals surface area (Å²) in [6.07, 6.45) is 0.164. The van der Waals surface area contributed by atoms with E-state index in [1.54, 1.807) is 72.5 Å². The first kappa shape index (κ1) is 28.9. The molecule has 0 spiro atoms. The van der Waals surface area contributed by atoms with E-state index < -0.39 is 18.2 Å². The minimum Gasteiger partial charge on any atom is -0.492 e. The molecule has 0 radical (unpaired) electrons. The Kier molecular flexibility index (Phi) is 11.4. The minimum atomic E-state index is -1.00. The Morgan fingerprint density at radius 2 is 1.55 bits per heavy atom. The van der Waals surface area contributed by atoms with E-state index in [4.69, 9.17) is 25.8 Å². The summed E-state index contributed by atoms with van der Waals surface area (Å²) in [6.45, 7) is 2.99. The summed E-state index contributed by atoms with van der Waals surface area (Å²) >= 11 is 5.91. The molecule has 0 fully saturated rings. The molecule has 202 valence electrons. The lowest BCUT2D eigenvalue weighted by atomic mass is 10.1. The molecule has 3 aromatic rings. The zero-order chi connectivity index (χ0) is 27.3. The van der Waals surface area contributed by atoms with Crippen LogP contribution in [0.4, 0.5) is 9.18 Å². The van der Waals surface area contributed by atoms with Gasteiger partial charge in [-0.1, -0.05) is 35.9 Å². The first-order valence-corrected chi connectivity index (χ1v) is 12.7. The second kappa shape index (κ2) is 15.0. The SMILES string of the molecule is CCOC(Cc1ccc(OCCN(CCCc2ccc(F)cc2)C(=O)Oc2ccc(Cl)cc2)cc1)C(=O)O. The van der Waals surface area contributed by atoms with Crippen molar-refractivity contribution in [3.05, 3.63) is 94.8 Å². The number of amides is 1. The average molecular weight is 544 g/mol. The number of nitrogens with zero attached hydrogens (tertiary/aromatic N) is 1. The van der Waals surface area contributed by atoms with Crippen molar-refractivity contribution < 1.29 is 33.3 Å². The Labute approximate surface area is 226 Å². The van der Waals surface area contributed by atoms with Gasteiger partial charge in [0.25, 0.3) is 0 Å². The fourth-order valence-corrected chi connectivity index (χ4v) is 3.84. The van der Waals surface area contributed by atoms with Gasteiger partial charge in [0, 0.05) is 24.6 Å². The van der Waals surface area contributed by atoms with Gasteiger partial charge in [0.15, 0.2) is 6.10 Å². The number of carbonyl (C=O) groups is 2. The molecule has 1 atom stereocenters. The van der Waals surface area contributed by atoms with Gasteiger partial charge in [-0.25, -0.2) is 14.0 Å². The molecular formula is C29H31ClFNO6. The maximum Gasteiger partial charge on any atom is 0.415 e. The molecule has 1 N–H and O–H groups in total. The van der Waals surface area contributed by atoms with Crippen LogP contribution in [-0.4, -0.2) is 54.5 Å². The summed E-state index contributed by atoms with van der Waals surface area (Å²) in [5.74, 6) is -0.319. The van der Waals surface area contributed by atoms with Crippen molar-refractivity contribution in [3.63, 3.8) is 0 Å². The maximum atomic E-state index is 13.2. The molecule has 0 aliphatic rings. The van der Waals surface area contributed by atoms with E-state index in [1.165, 1.54) is 12.1 Å². The van der Waals surface area contributed by atoms with Crippen molar-refractivity contribution in [3.8, 4) is 11.5 Å². The number of hydrogen-bond donors (Lipinski definition) is 1. The molecule has 0 bridgehead atoms. The number of benzene rings is 3. The molecule has 0 heterocycles. The van der Waals surface area contributed by atoms with Crippen molar-refractivity contribution >= 4 is 23.7 Å². The van der Waals surface area contributed by atoms with Gasteiger partial charge in [-0.2, -0.15) is 0 Å². The van der Waals surface area contributed by atoms with Gasteiger partial charge in [-0.15, -0.1) is 0 Å². The molecule has 0 aliphatic heterocycles.